The fourth-order valence-electron chi connectivity index (χ4n) is 4.80. The van der Waals surface area contributed by atoms with Gasteiger partial charge < -0.3 is 29.4 Å². The molecule has 0 radical (unpaired) electrons. The molecule has 3 heterocycles. The van der Waals surface area contributed by atoms with Crippen molar-refractivity contribution in [1.82, 2.24) is 14.9 Å². The summed E-state index contributed by atoms with van der Waals surface area (Å²) in [6.07, 6.45) is -4.63. The maximum absolute atomic E-state index is 13.6. The first-order chi connectivity index (χ1) is 19.1. The Kier molecular flexibility index (Phi) is 7.28. The molecule has 12 heteroatoms. The third kappa shape index (κ3) is 5.02. The van der Waals surface area contributed by atoms with Crippen LogP contribution in [0.15, 0.2) is 52.9 Å². The summed E-state index contributed by atoms with van der Waals surface area (Å²) in [6, 6.07) is 12.3. The Balaban J connectivity index is 1.46. The molecule has 5 rings (SSSR count). The van der Waals surface area contributed by atoms with Crippen molar-refractivity contribution in [2.75, 3.05) is 45.3 Å². The molecular weight excluding hydrogens is 527 g/mol. The molecule has 0 bridgehead atoms. The number of ether oxygens (including phenoxy) is 2. The van der Waals surface area contributed by atoms with Crippen molar-refractivity contribution in [2.24, 2.45) is 5.73 Å². The molecule has 1 atom stereocenters. The average molecular weight is 556 g/mol. The lowest BCUT2D eigenvalue weighted by molar-refractivity contribution is -0.140. The maximum Gasteiger partial charge on any atom is 0.433 e. The summed E-state index contributed by atoms with van der Waals surface area (Å²) < 4.78 is 56.7. The number of anilines is 1. The molecule has 0 spiro atoms. The van der Waals surface area contributed by atoms with Crippen molar-refractivity contribution in [3.8, 4) is 23.0 Å². The van der Waals surface area contributed by atoms with E-state index in [4.69, 9.17) is 19.6 Å². The van der Waals surface area contributed by atoms with Gasteiger partial charge in [-0.05, 0) is 43.3 Å². The number of amides is 1. The van der Waals surface area contributed by atoms with Crippen LogP contribution in [0.2, 0.25) is 0 Å². The molecule has 0 saturated carbocycles. The van der Waals surface area contributed by atoms with E-state index in [9.17, 15) is 18.0 Å². The van der Waals surface area contributed by atoms with Gasteiger partial charge in [-0.2, -0.15) is 13.2 Å². The SMILES string of the molecule is COc1ccccc1N1CCN(C(=O)c2nc(-c3ccc(OC)c4nc(C(F)(F)F)ccc34)oc2[C@H](C)N)CC1. The molecular formula is C28H28F3N5O4. The number of fused-ring (bicyclic) bond motifs is 1. The number of aromatic nitrogens is 2. The van der Waals surface area contributed by atoms with Crippen LogP contribution in [0.5, 0.6) is 11.5 Å². The zero-order chi connectivity index (χ0) is 28.6. The highest BCUT2D eigenvalue weighted by molar-refractivity contribution is 5.98. The number of nitrogens with two attached hydrogens (primary N) is 1. The van der Waals surface area contributed by atoms with Crippen LogP contribution in [0.25, 0.3) is 22.4 Å². The van der Waals surface area contributed by atoms with Crippen LogP contribution < -0.4 is 20.1 Å². The number of piperazine rings is 1. The molecule has 210 valence electrons. The number of pyridine rings is 1. The van der Waals surface area contributed by atoms with E-state index in [1.807, 2.05) is 24.3 Å². The van der Waals surface area contributed by atoms with Crippen molar-refractivity contribution < 1.29 is 31.9 Å². The number of methoxy groups -OCH3 is 2. The molecule has 2 N–H and O–H groups in total. The Labute approximate surface area is 228 Å². The topological polar surface area (TPSA) is 107 Å². The second-order valence-corrected chi connectivity index (χ2v) is 9.38. The van der Waals surface area contributed by atoms with Gasteiger partial charge >= 0.3 is 6.18 Å². The van der Waals surface area contributed by atoms with Gasteiger partial charge in [0.15, 0.2) is 11.5 Å². The molecule has 2 aromatic heterocycles. The molecule has 4 aromatic rings. The van der Waals surface area contributed by atoms with Gasteiger partial charge in [-0.3, -0.25) is 4.79 Å². The monoisotopic (exact) mass is 555 g/mol. The standard InChI is InChI=1S/C28H28F3N5O4/c1-16(32)25-24(27(37)36-14-12-35(13-15-36)19-6-4-5-7-20(19)38-2)34-26(40-25)18-8-10-21(39-3)23-17(18)9-11-22(33-23)28(29,30)31/h4-11,16H,12-15,32H2,1-3H3/t16-/m0/s1. The number of alkyl halides is 3. The number of hydrogen-bond acceptors (Lipinski definition) is 8. The summed E-state index contributed by atoms with van der Waals surface area (Å²) in [4.78, 5) is 25.7. The molecule has 9 nitrogen and oxygen atoms in total. The Morgan fingerprint density at radius 1 is 0.975 bits per heavy atom. The highest BCUT2D eigenvalue weighted by Gasteiger charge is 2.34. The van der Waals surface area contributed by atoms with Crippen molar-refractivity contribution in [3.63, 3.8) is 0 Å². The van der Waals surface area contributed by atoms with E-state index in [-0.39, 0.29) is 34.5 Å². The summed E-state index contributed by atoms with van der Waals surface area (Å²) in [5.74, 6) is 0.824. The second kappa shape index (κ2) is 10.7. The third-order valence-corrected chi connectivity index (χ3v) is 6.82. The normalized spacial score (nSPS) is 14.9. The number of hydrogen-bond donors (Lipinski definition) is 1. The number of rotatable bonds is 6. The molecule has 1 fully saturated rings. The van der Waals surface area contributed by atoms with Gasteiger partial charge in [0.1, 0.15) is 22.7 Å². The zero-order valence-electron chi connectivity index (χ0n) is 22.2. The van der Waals surface area contributed by atoms with Crippen molar-refractivity contribution in [3.05, 3.63) is 65.7 Å². The number of carbonyl (C=O) groups is 1. The molecule has 0 unspecified atom stereocenters. The molecule has 1 saturated heterocycles. The van der Waals surface area contributed by atoms with Crippen LogP contribution in [-0.2, 0) is 6.18 Å². The lowest BCUT2D eigenvalue weighted by Crippen LogP contribution is -2.49. The van der Waals surface area contributed by atoms with Crippen molar-refractivity contribution in [1.29, 1.82) is 0 Å². The number of oxazole rings is 1. The molecule has 2 aromatic carbocycles. The van der Waals surface area contributed by atoms with E-state index in [2.05, 4.69) is 14.9 Å². The number of benzene rings is 2. The highest BCUT2D eigenvalue weighted by Crippen LogP contribution is 2.38. The van der Waals surface area contributed by atoms with Gasteiger partial charge in [0.05, 0.1) is 25.9 Å². The van der Waals surface area contributed by atoms with Crippen LogP contribution in [0.1, 0.15) is 34.9 Å². The summed E-state index contributed by atoms with van der Waals surface area (Å²) >= 11 is 0. The predicted octanol–water partition coefficient (Wildman–Crippen LogP) is 4.91. The highest BCUT2D eigenvalue weighted by atomic mass is 19.4. The van der Waals surface area contributed by atoms with Crippen molar-refractivity contribution >= 4 is 22.5 Å². The lowest BCUT2D eigenvalue weighted by atomic mass is 10.1. The van der Waals surface area contributed by atoms with Gasteiger partial charge in [-0.1, -0.05) is 12.1 Å². The Hall–Kier alpha value is -4.32. The minimum absolute atomic E-state index is 0.00397. The fraction of sp³-hybridized carbons (Fsp3) is 0.321. The summed E-state index contributed by atoms with van der Waals surface area (Å²) in [6.45, 7) is 3.71. The minimum atomic E-state index is -4.63. The van der Waals surface area contributed by atoms with E-state index in [0.717, 1.165) is 17.5 Å². The Morgan fingerprint density at radius 3 is 2.33 bits per heavy atom. The molecule has 1 aliphatic heterocycles. The Bertz CT molecular complexity index is 1540. The van der Waals surface area contributed by atoms with Gasteiger partial charge in [-0.25, -0.2) is 9.97 Å². The predicted molar refractivity (Wildman–Crippen MR) is 143 cm³/mol. The summed E-state index contributed by atoms with van der Waals surface area (Å²) in [7, 11) is 2.97. The number of halogens is 3. The average Bonchev–Trinajstić information content (AvgIpc) is 3.41. The first kappa shape index (κ1) is 27.3. The van der Waals surface area contributed by atoms with E-state index in [1.165, 1.54) is 19.2 Å². The van der Waals surface area contributed by atoms with Crippen LogP contribution in [0, 0.1) is 0 Å². The summed E-state index contributed by atoms with van der Waals surface area (Å²) in [5, 5.41) is 0.328. The minimum Gasteiger partial charge on any atom is -0.495 e. The van der Waals surface area contributed by atoms with Crippen LogP contribution in [-0.4, -0.2) is 61.2 Å². The lowest BCUT2D eigenvalue weighted by Gasteiger charge is -2.36. The van der Waals surface area contributed by atoms with Gasteiger partial charge in [0.2, 0.25) is 5.89 Å². The van der Waals surface area contributed by atoms with Gasteiger partial charge in [0.25, 0.3) is 5.91 Å². The van der Waals surface area contributed by atoms with Crippen LogP contribution >= 0.6 is 0 Å². The third-order valence-electron chi connectivity index (χ3n) is 6.82. The van der Waals surface area contributed by atoms with E-state index in [1.54, 1.807) is 25.0 Å². The van der Waals surface area contributed by atoms with Gasteiger partial charge in [-0.15, -0.1) is 0 Å². The van der Waals surface area contributed by atoms with Crippen LogP contribution in [0.4, 0.5) is 18.9 Å². The first-order valence-electron chi connectivity index (χ1n) is 12.6. The van der Waals surface area contributed by atoms with E-state index >= 15 is 0 Å². The molecule has 0 aliphatic carbocycles. The van der Waals surface area contributed by atoms with Gasteiger partial charge in [0, 0.05) is 37.1 Å². The molecule has 1 aliphatic rings. The summed E-state index contributed by atoms with van der Waals surface area (Å²) in [5.41, 5.74) is 6.47. The zero-order valence-corrected chi connectivity index (χ0v) is 22.2. The molecule has 40 heavy (non-hydrogen) atoms. The quantitative estimate of drug-likeness (QED) is 0.358. The number of nitrogens with zero attached hydrogens (tertiary/aromatic N) is 4. The first-order valence-corrected chi connectivity index (χ1v) is 12.6. The van der Waals surface area contributed by atoms with Crippen LogP contribution in [0.3, 0.4) is 0 Å². The van der Waals surface area contributed by atoms with E-state index < -0.39 is 17.9 Å². The maximum atomic E-state index is 13.6. The second-order valence-electron chi connectivity index (χ2n) is 9.38. The van der Waals surface area contributed by atoms with E-state index in [0.29, 0.717) is 37.1 Å². The largest absolute Gasteiger partial charge is 0.495 e. The smallest absolute Gasteiger partial charge is 0.433 e. The fourth-order valence-corrected chi connectivity index (χ4v) is 4.80. The Morgan fingerprint density at radius 2 is 1.68 bits per heavy atom. The number of para-hydroxylation sites is 2. The van der Waals surface area contributed by atoms with Crippen molar-refractivity contribution in [2.45, 2.75) is 19.1 Å². The molecule has 1 amide bonds. The number of carbonyl (C=O) groups excluding carboxylic acids is 1.